The first-order valence-electron chi connectivity index (χ1n) is 8.75. The van der Waals surface area contributed by atoms with Crippen LogP contribution in [0.25, 0.3) is 0 Å². The van der Waals surface area contributed by atoms with Crippen molar-refractivity contribution in [1.29, 1.82) is 0 Å². The molecule has 0 radical (unpaired) electrons. The van der Waals surface area contributed by atoms with Crippen LogP contribution in [0.3, 0.4) is 0 Å². The van der Waals surface area contributed by atoms with Crippen molar-refractivity contribution in [1.82, 2.24) is 9.63 Å². The van der Waals surface area contributed by atoms with E-state index in [1.807, 2.05) is 7.05 Å². The van der Waals surface area contributed by atoms with Gasteiger partial charge in [0.1, 0.15) is 5.82 Å². The van der Waals surface area contributed by atoms with E-state index < -0.39 is 11.9 Å². The number of hydrogen-bond donors (Lipinski definition) is 2. The lowest BCUT2D eigenvalue weighted by Crippen LogP contribution is -2.50. The first-order valence-corrected chi connectivity index (χ1v) is 8.75. The molecule has 2 aromatic rings. The summed E-state index contributed by atoms with van der Waals surface area (Å²) in [5, 5.41) is 19.5. The van der Waals surface area contributed by atoms with E-state index in [-0.39, 0.29) is 29.5 Å². The second-order valence-corrected chi connectivity index (χ2v) is 7.14. The van der Waals surface area contributed by atoms with E-state index >= 15 is 0 Å². The molecular weight excluding hydrogens is 339 g/mol. The molecule has 0 spiro atoms. The third-order valence-electron chi connectivity index (χ3n) is 5.82. The van der Waals surface area contributed by atoms with E-state index in [1.165, 1.54) is 24.3 Å². The predicted octanol–water partition coefficient (Wildman–Crippen LogP) is 2.26. The van der Waals surface area contributed by atoms with Gasteiger partial charge in [0.15, 0.2) is 0 Å². The van der Waals surface area contributed by atoms with E-state index in [9.17, 15) is 19.4 Å². The monoisotopic (exact) mass is 360 g/mol. The molecule has 1 aromatic carbocycles. The number of carbonyl (C=O) groups is 1. The Morgan fingerprint density at radius 1 is 1.12 bits per heavy atom. The summed E-state index contributed by atoms with van der Waals surface area (Å²) in [7, 11) is 2.01. The van der Waals surface area contributed by atoms with Gasteiger partial charge in [-0.05, 0) is 44.0 Å². The Balaban J connectivity index is 1.66. The van der Waals surface area contributed by atoms with Gasteiger partial charge in [0.25, 0.3) is 0 Å². The van der Waals surface area contributed by atoms with Crippen molar-refractivity contribution in [2.24, 2.45) is 5.92 Å². The normalized spacial score (nSPS) is 28.2. The topological polar surface area (TPSA) is 74.9 Å². The lowest BCUT2D eigenvalue weighted by Gasteiger charge is -2.41. The molecule has 2 aliphatic heterocycles. The molecule has 138 valence electrons. The molecule has 3 heterocycles. The van der Waals surface area contributed by atoms with E-state index in [0.29, 0.717) is 6.04 Å². The van der Waals surface area contributed by atoms with Gasteiger partial charge in [-0.25, -0.2) is 9.18 Å². The van der Waals surface area contributed by atoms with Crippen LogP contribution in [0.5, 0.6) is 11.8 Å². The molecule has 0 amide bonds. The van der Waals surface area contributed by atoms with E-state index in [0.717, 1.165) is 29.6 Å². The minimum atomic E-state index is -0.515. The molecule has 2 bridgehead atoms. The third-order valence-corrected chi connectivity index (χ3v) is 5.82. The van der Waals surface area contributed by atoms with Crippen molar-refractivity contribution in [3.8, 4) is 11.8 Å². The molecule has 4 rings (SSSR count). The number of aromatic hydroxyl groups is 2. The third kappa shape index (κ3) is 2.72. The predicted molar refractivity (Wildman–Crippen MR) is 91.2 cm³/mol. The zero-order chi connectivity index (χ0) is 18.4. The van der Waals surface area contributed by atoms with Crippen LogP contribution in [0.4, 0.5) is 4.39 Å². The van der Waals surface area contributed by atoms with Crippen LogP contribution < -0.4 is 4.84 Å². The molecule has 2 N–H and O–H groups in total. The number of carbonyl (C=O) groups excluding carboxylic acids is 1. The Morgan fingerprint density at radius 3 is 2.42 bits per heavy atom. The Labute approximate surface area is 150 Å². The zero-order valence-corrected chi connectivity index (χ0v) is 14.4. The number of nitrogens with zero attached hydrogens (tertiary/aromatic N) is 2. The quantitative estimate of drug-likeness (QED) is 0.878. The molecule has 1 aromatic heterocycles. The first kappa shape index (κ1) is 16.9. The number of fused-ring (bicyclic) bond motifs is 2. The standard InChI is InChI=1S/C19H21FN2O4/c1-21-13-6-7-15(21)18(14(10-13)11-2-4-12(20)5-3-11)19(25)26-22-16(23)8-9-17(22)24/h2-5,8-9,13-15,18,23-24H,6-7,10H2,1H3/t13-,14-,15?,18?/m1/s1. The molecule has 26 heavy (non-hydrogen) atoms. The van der Waals surface area contributed by atoms with Gasteiger partial charge in [0.05, 0.1) is 5.92 Å². The van der Waals surface area contributed by atoms with Gasteiger partial charge < -0.3 is 15.1 Å². The lowest BCUT2D eigenvalue weighted by molar-refractivity contribution is -0.155. The van der Waals surface area contributed by atoms with Gasteiger partial charge in [-0.15, -0.1) is 4.73 Å². The van der Waals surface area contributed by atoms with Crippen LogP contribution in [-0.4, -0.2) is 44.9 Å². The SMILES string of the molecule is CN1C2CC[C@@H]1C[C@H](c1ccc(F)cc1)C2C(=O)On1c(O)ccc1O. The van der Waals surface area contributed by atoms with Crippen molar-refractivity contribution in [2.45, 2.75) is 37.3 Å². The summed E-state index contributed by atoms with van der Waals surface area (Å²) in [4.78, 5) is 20.5. The second-order valence-electron chi connectivity index (χ2n) is 7.14. The fourth-order valence-electron chi connectivity index (χ4n) is 4.49. The van der Waals surface area contributed by atoms with Gasteiger partial charge in [-0.1, -0.05) is 12.1 Å². The highest BCUT2D eigenvalue weighted by Gasteiger charge is 2.50. The average molecular weight is 360 g/mol. The molecule has 2 aliphatic rings. The Hall–Kier alpha value is -2.54. The molecule has 7 heteroatoms. The van der Waals surface area contributed by atoms with Crippen LogP contribution in [0.15, 0.2) is 36.4 Å². The number of piperidine rings is 1. The maximum Gasteiger partial charge on any atom is 0.338 e. The molecule has 2 saturated heterocycles. The molecule has 2 unspecified atom stereocenters. The Morgan fingerprint density at radius 2 is 1.77 bits per heavy atom. The second kappa shape index (κ2) is 6.32. The zero-order valence-electron chi connectivity index (χ0n) is 14.4. The Kier molecular flexibility index (Phi) is 4.11. The summed E-state index contributed by atoms with van der Waals surface area (Å²) < 4.78 is 14.0. The molecule has 2 fully saturated rings. The van der Waals surface area contributed by atoms with Crippen molar-refractivity contribution in [2.75, 3.05) is 7.05 Å². The van der Waals surface area contributed by atoms with E-state index in [1.54, 1.807) is 12.1 Å². The van der Waals surface area contributed by atoms with Gasteiger partial charge in [0.2, 0.25) is 11.8 Å². The summed E-state index contributed by atoms with van der Waals surface area (Å²) in [5.41, 5.74) is 0.902. The summed E-state index contributed by atoms with van der Waals surface area (Å²) in [6.07, 6.45) is 2.66. The summed E-state index contributed by atoms with van der Waals surface area (Å²) in [6, 6.07) is 9.13. The highest BCUT2D eigenvalue weighted by atomic mass is 19.1. The summed E-state index contributed by atoms with van der Waals surface area (Å²) >= 11 is 0. The van der Waals surface area contributed by atoms with Gasteiger partial charge in [-0.2, -0.15) is 0 Å². The maximum atomic E-state index is 13.3. The Bertz CT molecular complexity index is 800. The molecule has 4 atom stereocenters. The van der Waals surface area contributed by atoms with Crippen LogP contribution >= 0.6 is 0 Å². The average Bonchev–Trinajstić information content (AvgIpc) is 3.04. The molecule has 6 nitrogen and oxygen atoms in total. The summed E-state index contributed by atoms with van der Waals surface area (Å²) in [5.74, 6) is -2.09. The first-order chi connectivity index (χ1) is 12.5. The van der Waals surface area contributed by atoms with Crippen molar-refractivity contribution in [3.05, 3.63) is 47.8 Å². The van der Waals surface area contributed by atoms with Crippen molar-refractivity contribution in [3.63, 3.8) is 0 Å². The maximum absolute atomic E-state index is 13.3. The minimum Gasteiger partial charge on any atom is -0.492 e. The fraction of sp³-hybridized carbons (Fsp3) is 0.421. The molecule has 0 saturated carbocycles. The molecule has 0 aliphatic carbocycles. The smallest absolute Gasteiger partial charge is 0.338 e. The van der Waals surface area contributed by atoms with Crippen LogP contribution in [-0.2, 0) is 4.79 Å². The number of rotatable bonds is 3. The van der Waals surface area contributed by atoms with Gasteiger partial charge in [0, 0.05) is 30.1 Å². The largest absolute Gasteiger partial charge is 0.492 e. The van der Waals surface area contributed by atoms with Crippen molar-refractivity contribution < 1.29 is 24.2 Å². The number of aromatic nitrogens is 1. The van der Waals surface area contributed by atoms with Crippen LogP contribution in [0.1, 0.15) is 30.7 Å². The van der Waals surface area contributed by atoms with Crippen molar-refractivity contribution >= 4 is 5.97 Å². The summed E-state index contributed by atoms with van der Waals surface area (Å²) in [6.45, 7) is 0. The molecular formula is C19H21FN2O4. The number of hydrogen-bond acceptors (Lipinski definition) is 5. The lowest BCUT2D eigenvalue weighted by atomic mass is 9.76. The minimum absolute atomic E-state index is 0.0103. The highest BCUT2D eigenvalue weighted by molar-refractivity contribution is 5.75. The fourth-order valence-corrected chi connectivity index (χ4v) is 4.49. The number of benzene rings is 1. The van der Waals surface area contributed by atoms with Crippen LogP contribution in [0, 0.1) is 11.7 Å². The highest BCUT2D eigenvalue weighted by Crippen LogP contribution is 2.46. The van der Waals surface area contributed by atoms with Crippen LogP contribution in [0.2, 0.25) is 0 Å². The van der Waals surface area contributed by atoms with E-state index in [2.05, 4.69) is 4.90 Å². The van der Waals surface area contributed by atoms with Gasteiger partial charge in [-0.3, -0.25) is 4.90 Å². The van der Waals surface area contributed by atoms with Gasteiger partial charge >= 0.3 is 5.97 Å². The number of halogens is 1. The van der Waals surface area contributed by atoms with E-state index in [4.69, 9.17) is 4.84 Å².